The Morgan fingerprint density at radius 1 is 1.16 bits per heavy atom. The normalized spacial score (nSPS) is 17.5. The van der Waals surface area contributed by atoms with Crippen LogP contribution in [0.3, 0.4) is 0 Å². The highest BCUT2D eigenvalue weighted by Crippen LogP contribution is 2.17. The zero-order valence-electron chi connectivity index (χ0n) is 11.2. The molecule has 0 spiro atoms. The average Bonchev–Trinajstić information content (AvgIpc) is 2.66. The molecular formula is C16H21NO2. The van der Waals surface area contributed by atoms with E-state index < -0.39 is 5.97 Å². The van der Waals surface area contributed by atoms with E-state index in [1.165, 1.54) is 37.3 Å². The summed E-state index contributed by atoms with van der Waals surface area (Å²) in [5, 5.41) is 8.73. The predicted molar refractivity (Wildman–Crippen MR) is 76.9 cm³/mol. The number of nitrogens with zero attached hydrogens (tertiary/aromatic N) is 1. The molecule has 1 aromatic rings. The van der Waals surface area contributed by atoms with Crippen molar-refractivity contribution in [2.75, 3.05) is 13.1 Å². The number of hydrogen-bond acceptors (Lipinski definition) is 2. The topological polar surface area (TPSA) is 40.5 Å². The van der Waals surface area contributed by atoms with Crippen LogP contribution >= 0.6 is 0 Å². The van der Waals surface area contributed by atoms with Crippen LogP contribution in [0.4, 0.5) is 0 Å². The number of hydrogen-bond donors (Lipinski definition) is 1. The summed E-state index contributed by atoms with van der Waals surface area (Å²) in [5.74, 6) is -0.899. The van der Waals surface area contributed by atoms with E-state index in [0.29, 0.717) is 0 Å². The van der Waals surface area contributed by atoms with Gasteiger partial charge in [0.1, 0.15) is 0 Å². The lowest BCUT2D eigenvalue weighted by Crippen LogP contribution is -2.24. The van der Waals surface area contributed by atoms with Crippen molar-refractivity contribution in [1.82, 2.24) is 4.90 Å². The number of carboxylic acid groups (broad SMARTS) is 1. The molecule has 0 atom stereocenters. The van der Waals surface area contributed by atoms with E-state index in [4.69, 9.17) is 5.11 Å². The van der Waals surface area contributed by atoms with Crippen LogP contribution in [-0.2, 0) is 11.3 Å². The first-order valence-electron chi connectivity index (χ1n) is 6.97. The Morgan fingerprint density at radius 3 is 2.53 bits per heavy atom. The van der Waals surface area contributed by atoms with Crippen LogP contribution in [0.5, 0.6) is 0 Å². The quantitative estimate of drug-likeness (QED) is 0.844. The SMILES string of the molecule is O=C(O)/C=C/c1ccccc1CN1CCCCCC1. The molecule has 1 aliphatic heterocycles. The maximum Gasteiger partial charge on any atom is 0.328 e. The van der Waals surface area contributed by atoms with Crippen molar-refractivity contribution >= 4 is 12.0 Å². The third-order valence-corrected chi connectivity index (χ3v) is 3.55. The second-order valence-electron chi connectivity index (χ2n) is 5.06. The molecule has 0 aromatic heterocycles. The Kier molecular flexibility index (Phi) is 5.16. The summed E-state index contributed by atoms with van der Waals surface area (Å²) in [6.45, 7) is 3.22. The highest BCUT2D eigenvalue weighted by Gasteiger charge is 2.10. The summed E-state index contributed by atoms with van der Waals surface area (Å²) < 4.78 is 0. The van der Waals surface area contributed by atoms with Crippen molar-refractivity contribution in [2.24, 2.45) is 0 Å². The number of aliphatic carboxylic acids is 1. The number of rotatable bonds is 4. The molecule has 0 aliphatic carbocycles. The molecule has 0 radical (unpaired) electrons. The minimum absolute atomic E-state index is 0.899. The van der Waals surface area contributed by atoms with Gasteiger partial charge in [0.15, 0.2) is 0 Å². The molecule has 102 valence electrons. The Labute approximate surface area is 114 Å². The zero-order chi connectivity index (χ0) is 13.5. The van der Waals surface area contributed by atoms with Crippen LogP contribution in [0, 0.1) is 0 Å². The van der Waals surface area contributed by atoms with Crippen LogP contribution in [0.25, 0.3) is 6.08 Å². The van der Waals surface area contributed by atoms with Gasteiger partial charge in [0.05, 0.1) is 0 Å². The summed E-state index contributed by atoms with van der Waals surface area (Å²) in [6.07, 6.45) is 8.10. The van der Waals surface area contributed by atoms with Gasteiger partial charge in [-0.3, -0.25) is 4.90 Å². The van der Waals surface area contributed by atoms with Crippen LogP contribution in [0.2, 0.25) is 0 Å². The summed E-state index contributed by atoms with van der Waals surface area (Å²) in [5.41, 5.74) is 2.22. The predicted octanol–water partition coefficient (Wildman–Crippen LogP) is 3.16. The molecule has 1 aliphatic rings. The number of benzene rings is 1. The maximum absolute atomic E-state index is 10.6. The first-order chi connectivity index (χ1) is 9.25. The number of carboxylic acids is 1. The van der Waals surface area contributed by atoms with Crippen LogP contribution in [0.1, 0.15) is 36.8 Å². The fraction of sp³-hybridized carbons (Fsp3) is 0.438. The van der Waals surface area contributed by atoms with Gasteiger partial charge < -0.3 is 5.11 Å². The Balaban J connectivity index is 2.08. The van der Waals surface area contributed by atoms with Gasteiger partial charge in [-0.2, -0.15) is 0 Å². The van der Waals surface area contributed by atoms with E-state index in [1.807, 2.05) is 18.2 Å². The Bertz CT molecular complexity index is 446. The van der Waals surface area contributed by atoms with E-state index in [0.717, 1.165) is 25.2 Å². The van der Waals surface area contributed by atoms with Gasteiger partial charge >= 0.3 is 5.97 Å². The highest BCUT2D eigenvalue weighted by molar-refractivity contribution is 5.85. The lowest BCUT2D eigenvalue weighted by Gasteiger charge is -2.20. The molecule has 3 nitrogen and oxygen atoms in total. The first kappa shape index (κ1) is 13.8. The van der Waals surface area contributed by atoms with Crippen molar-refractivity contribution < 1.29 is 9.90 Å². The largest absolute Gasteiger partial charge is 0.478 e. The van der Waals surface area contributed by atoms with Gasteiger partial charge in [-0.25, -0.2) is 4.79 Å². The molecule has 0 bridgehead atoms. The van der Waals surface area contributed by atoms with Gasteiger partial charge in [0, 0.05) is 12.6 Å². The van der Waals surface area contributed by atoms with E-state index in [2.05, 4.69) is 11.0 Å². The zero-order valence-corrected chi connectivity index (χ0v) is 11.2. The van der Waals surface area contributed by atoms with Gasteiger partial charge in [-0.1, -0.05) is 37.1 Å². The summed E-state index contributed by atoms with van der Waals surface area (Å²) in [7, 11) is 0. The third kappa shape index (κ3) is 4.52. The molecule has 0 amide bonds. The fourth-order valence-corrected chi connectivity index (χ4v) is 2.54. The van der Waals surface area contributed by atoms with Crippen molar-refractivity contribution in [3.8, 4) is 0 Å². The molecule has 3 heteroatoms. The molecular weight excluding hydrogens is 238 g/mol. The molecule has 1 aromatic carbocycles. The lowest BCUT2D eigenvalue weighted by molar-refractivity contribution is -0.131. The summed E-state index contributed by atoms with van der Waals surface area (Å²) in [6, 6.07) is 8.04. The minimum Gasteiger partial charge on any atom is -0.478 e. The van der Waals surface area contributed by atoms with E-state index in [-0.39, 0.29) is 0 Å². The molecule has 19 heavy (non-hydrogen) atoms. The van der Waals surface area contributed by atoms with Crippen molar-refractivity contribution in [3.63, 3.8) is 0 Å². The van der Waals surface area contributed by atoms with Crippen molar-refractivity contribution in [3.05, 3.63) is 41.5 Å². The van der Waals surface area contributed by atoms with Gasteiger partial charge in [0.2, 0.25) is 0 Å². The van der Waals surface area contributed by atoms with Crippen LogP contribution < -0.4 is 0 Å². The molecule has 1 saturated heterocycles. The van der Waals surface area contributed by atoms with Crippen LogP contribution in [0.15, 0.2) is 30.3 Å². The van der Waals surface area contributed by atoms with Gasteiger partial charge in [-0.05, 0) is 43.1 Å². The minimum atomic E-state index is -0.899. The monoisotopic (exact) mass is 259 g/mol. The molecule has 0 saturated carbocycles. The molecule has 1 fully saturated rings. The number of carbonyl (C=O) groups is 1. The highest BCUT2D eigenvalue weighted by atomic mass is 16.4. The second-order valence-corrected chi connectivity index (χ2v) is 5.06. The second kappa shape index (κ2) is 7.10. The van der Waals surface area contributed by atoms with Gasteiger partial charge in [-0.15, -0.1) is 0 Å². The Morgan fingerprint density at radius 2 is 1.84 bits per heavy atom. The summed E-state index contributed by atoms with van der Waals surface area (Å²) in [4.78, 5) is 13.1. The molecule has 1 heterocycles. The maximum atomic E-state index is 10.6. The van der Waals surface area contributed by atoms with Crippen LogP contribution in [-0.4, -0.2) is 29.1 Å². The van der Waals surface area contributed by atoms with Gasteiger partial charge in [0.25, 0.3) is 0 Å². The van der Waals surface area contributed by atoms with Crippen molar-refractivity contribution in [1.29, 1.82) is 0 Å². The summed E-state index contributed by atoms with van der Waals surface area (Å²) >= 11 is 0. The fourth-order valence-electron chi connectivity index (χ4n) is 2.54. The molecule has 1 N–H and O–H groups in total. The smallest absolute Gasteiger partial charge is 0.328 e. The molecule has 0 unspecified atom stereocenters. The number of likely N-dealkylation sites (tertiary alicyclic amines) is 1. The standard InChI is InChI=1S/C16H21NO2/c18-16(19)10-9-14-7-3-4-8-15(14)13-17-11-5-1-2-6-12-17/h3-4,7-10H,1-2,5-6,11-13H2,(H,18,19)/b10-9+. The van der Waals surface area contributed by atoms with E-state index >= 15 is 0 Å². The van der Waals surface area contributed by atoms with E-state index in [1.54, 1.807) is 6.08 Å². The Hall–Kier alpha value is -1.61. The average molecular weight is 259 g/mol. The molecule has 2 rings (SSSR count). The lowest BCUT2D eigenvalue weighted by atomic mass is 10.1. The first-order valence-corrected chi connectivity index (χ1v) is 6.97. The van der Waals surface area contributed by atoms with E-state index in [9.17, 15) is 4.79 Å². The van der Waals surface area contributed by atoms with Crippen molar-refractivity contribution in [2.45, 2.75) is 32.2 Å². The third-order valence-electron chi connectivity index (χ3n) is 3.55.